The smallest absolute Gasteiger partial charge is 0.305 e. The number of benzene rings is 1. The molecular formula is C58H88O11. The Labute approximate surface area is 416 Å². The van der Waals surface area contributed by atoms with Gasteiger partial charge in [0.2, 0.25) is 0 Å². The fourth-order valence-corrected chi connectivity index (χ4v) is 7.63. The van der Waals surface area contributed by atoms with E-state index in [4.69, 9.17) is 33.2 Å². The lowest BCUT2D eigenvalue weighted by atomic mass is 9.90. The van der Waals surface area contributed by atoms with Gasteiger partial charge in [0.25, 0.3) is 0 Å². The summed E-state index contributed by atoms with van der Waals surface area (Å²) in [6.45, 7) is 9.00. The molecule has 1 aliphatic rings. The van der Waals surface area contributed by atoms with Crippen molar-refractivity contribution in [2.45, 2.75) is 194 Å². The monoisotopic (exact) mass is 961 g/mol. The molecule has 386 valence electrons. The standard InChI is InChI=1S/C58H88O11/c1-6-8-10-12-14-16-18-20-22-24-26-28-30-32-37-41-54(61)64-44-52(45-65-55(62)42-38-33-31-29-27-25-23-21-19-17-15-13-11-9-7-2)46-66-58-57(68-50(5)60)56(67-49(4)59)48(3)53(69-58)47-63-43-51-39-35-34-36-40-51/h8-11,14-17,20-23,34-36,39-40,48,52-53,56-58H,6-7,12-13,18-19,24-33,37-38,41-47H2,1-5H3/b10-8-,11-9-,16-14-,17-15-,22-20-,23-21-/t48-,53+,56-,57+,58+/m0/s1. The Morgan fingerprint density at radius 2 is 1.01 bits per heavy atom. The zero-order chi connectivity index (χ0) is 50.0. The molecule has 0 N–H and O–H groups in total. The molecule has 1 saturated heterocycles. The summed E-state index contributed by atoms with van der Waals surface area (Å²) in [5.41, 5.74) is 0.984. The fraction of sp³-hybridized carbons (Fsp3) is 0.621. The molecule has 1 heterocycles. The van der Waals surface area contributed by atoms with Gasteiger partial charge in [-0.3, -0.25) is 19.2 Å². The van der Waals surface area contributed by atoms with Gasteiger partial charge >= 0.3 is 23.9 Å². The molecule has 5 atom stereocenters. The number of esters is 4. The maximum absolute atomic E-state index is 13.0. The molecule has 0 bridgehead atoms. The first kappa shape index (κ1) is 60.5. The van der Waals surface area contributed by atoms with E-state index in [0.717, 1.165) is 121 Å². The van der Waals surface area contributed by atoms with Crippen LogP contribution in [0.1, 0.15) is 169 Å². The third-order valence-corrected chi connectivity index (χ3v) is 11.5. The Bertz CT molecular complexity index is 1610. The van der Waals surface area contributed by atoms with Gasteiger partial charge in [0.15, 0.2) is 12.4 Å². The minimum absolute atomic E-state index is 0.0531. The molecule has 11 heteroatoms. The molecule has 0 aromatic heterocycles. The maximum atomic E-state index is 13.0. The predicted molar refractivity (Wildman–Crippen MR) is 275 cm³/mol. The van der Waals surface area contributed by atoms with E-state index in [2.05, 4.69) is 86.8 Å². The SMILES string of the molecule is CC/C=C\C/C=C\C/C=C\CCCCCCCC(=O)OCC(COC(=O)CCCCCCC/C=C\C/C=C\C/C=C\CC)CO[C@@H]1O[C@H](COCc2ccccc2)[C@H](C)[C@H](OC(C)=O)[C@H]1OC(C)=O. The molecule has 0 radical (unpaired) electrons. The number of carbonyl (C=O) groups is 4. The number of carbonyl (C=O) groups excluding carboxylic acids is 4. The van der Waals surface area contributed by atoms with E-state index >= 15 is 0 Å². The first-order valence-corrected chi connectivity index (χ1v) is 26.1. The summed E-state index contributed by atoms with van der Waals surface area (Å²) in [7, 11) is 0. The average Bonchev–Trinajstić information content (AvgIpc) is 3.33. The van der Waals surface area contributed by atoms with Gasteiger partial charge in [-0.25, -0.2) is 0 Å². The lowest BCUT2D eigenvalue weighted by molar-refractivity contribution is -0.299. The van der Waals surface area contributed by atoms with E-state index in [1.165, 1.54) is 13.8 Å². The van der Waals surface area contributed by atoms with Crippen LogP contribution < -0.4 is 0 Å². The van der Waals surface area contributed by atoms with Crippen LogP contribution in [-0.4, -0.2) is 74.9 Å². The zero-order valence-corrected chi connectivity index (χ0v) is 42.9. The summed E-state index contributed by atoms with van der Waals surface area (Å²) in [6, 6.07) is 9.71. The Morgan fingerprint density at radius 1 is 0.565 bits per heavy atom. The summed E-state index contributed by atoms with van der Waals surface area (Å²) >= 11 is 0. The second kappa shape index (κ2) is 41.2. The van der Waals surface area contributed by atoms with E-state index in [1.54, 1.807) is 0 Å². The molecule has 2 rings (SSSR count). The lowest BCUT2D eigenvalue weighted by Gasteiger charge is -2.44. The number of hydrogen-bond acceptors (Lipinski definition) is 11. The molecule has 0 spiro atoms. The Kier molecular flexibility index (Phi) is 36.2. The van der Waals surface area contributed by atoms with Crippen molar-refractivity contribution in [1.29, 1.82) is 0 Å². The molecule has 0 amide bonds. The number of ether oxygens (including phenoxy) is 7. The Balaban J connectivity index is 1.94. The number of rotatable bonds is 39. The Morgan fingerprint density at radius 3 is 1.51 bits per heavy atom. The van der Waals surface area contributed by atoms with Crippen LogP contribution in [0, 0.1) is 11.8 Å². The van der Waals surface area contributed by atoms with E-state index < -0.39 is 48.4 Å². The van der Waals surface area contributed by atoms with Crippen molar-refractivity contribution >= 4 is 23.9 Å². The quantitative estimate of drug-likeness (QED) is 0.0270. The van der Waals surface area contributed by atoms with Crippen LogP contribution in [0.4, 0.5) is 0 Å². The van der Waals surface area contributed by atoms with Gasteiger partial charge in [-0.2, -0.15) is 0 Å². The van der Waals surface area contributed by atoms with Crippen molar-refractivity contribution in [3.8, 4) is 0 Å². The van der Waals surface area contributed by atoms with Crippen molar-refractivity contribution in [3.63, 3.8) is 0 Å². The van der Waals surface area contributed by atoms with Gasteiger partial charge in [-0.05, 0) is 82.6 Å². The minimum atomic E-state index is -1.16. The van der Waals surface area contributed by atoms with Crippen LogP contribution in [0.5, 0.6) is 0 Å². The maximum Gasteiger partial charge on any atom is 0.305 e. The van der Waals surface area contributed by atoms with Gasteiger partial charge in [-0.1, -0.05) is 163 Å². The van der Waals surface area contributed by atoms with E-state index in [-0.39, 0.29) is 51.2 Å². The molecule has 1 aromatic rings. The molecule has 0 unspecified atom stereocenters. The predicted octanol–water partition coefficient (Wildman–Crippen LogP) is 13.3. The highest BCUT2D eigenvalue weighted by molar-refractivity contribution is 5.70. The van der Waals surface area contributed by atoms with Gasteiger partial charge < -0.3 is 33.2 Å². The summed E-state index contributed by atoms with van der Waals surface area (Å²) in [6.07, 6.45) is 41.2. The molecule has 1 aliphatic heterocycles. The number of unbranched alkanes of at least 4 members (excludes halogenated alkanes) is 10. The summed E-state index contributed by atoms with van der Waals surface area (Å²) in [4.78, 5) is 50.6. The molecule has 0 saturated carbocycles. The zero-order valence-electron chi connectivity index (χ0n) is 42.9. The van der Waals surface area contributed by atoms with Crippen molar-refractivity contribution in [1.82, 2.24) is 0 Å². The third kappa shape index (κ3) is 32.0. The van der Waals surface area contributed by atoms with Crippen molar-refractivity contribution in [2.24, 2.45) is 11.8 Å². The highest BCUT2D eigenvalue weighted by Gasteiger charge is 2.48. The first-order valence-electron chi connectivity index (χ1n) is 26.1. The molecular weight excluding hydrogens is 873 g/mol. The largest absolute Gasteiger partial charge is 0.465 e. The van der Waals surface area contributed by atoms with Gasteiger partial charge in [0, 0.05) is 32.6 Å². The van der Waals surface area contributed by atoms with Crippen molar-refractivity contribution in [3.05, 3.63) is 109 Å². The summed E-state index contributed by atoms with van der Waals surface area (Å²) < 4.78 is 41.6. The number of hydrogen-bond donors (Lipinski definition) is 0. The van der Waals surface area contributed by atoms with Crippen LogP contribution >= 0.6 is 0 Å². The van der Waals surface area contributed by atoms with Crippen LogP contribution in [0.25, 0.3) is 0 Å². The van der Waals surface area contributed by atoms with E-state index in [1.807, 2.05) is 37.3 Å². The van der Waals surface area contributed by atoms with Crippen LogP contribution in [0.2, 0.25) is 0 Å². The third-order valence-electron chi connectivity index (χ3n) is 11.5. The second-order valence-electron chi connectivity index (χ2n) is 17.8. The van der Waals surface area contributed by atoms with Crippen LogP contribution in [0.15, 0.2) is 103 Å². The normalized spacial score (nSPS) is 18.7. The molecule has 0 aliphatic carbocycles. The van der Waals surface area contributed by atoms with Gasteiger partial charge in [0.05, 0.1) is 45.1 Å². The van der Waals surface area contributed by atoms with Crippen LogP contribution in [-0.2, 0) is 58.9 Å². The molecule has 1 aromatic carbocycles. The molecule has 1 fully saturated rings. The minimum Gasteiger partial charge on any atom is -0.465 e. The molecule has 11 nitrogen and oxygen atoms in total. The van der Waals surface area contributed by atoms with Crippen LogP contribution in [0.3, 0.4) is 0 Å². The van der Waals surface area contributed by atoms with E-state index in [0.29, 0.717) is 6.61 Å². The highest BCUT2D eigenvalue weighted by atomic mass is 16.7. The fourth-order valence-electron chi connectivity index (χ4n) is 7.63. The number of allylic oxidation sites excluding steroid dienone is 12. The summed E-state index contributed by atoms with van der Waals surface area (Å²) in [5.74, 6) is -2.79. The van der Waals surface area contributed by atoms with Crippen molar-refractivity contribution in [2.75, 3.05) is 26.4 Å². The Hall–Kier alpha value is -4.58. The van der Waals surface area contributed by atoms with Crippen molar-refractivity contribution < 1.29 is 52.3 Å². The topological polar surface area (TPSA) is 133 Å². The van der Waals surface area contributed by atoms with Gasteiger partial charge in [0.1, 0.15) is 6.10 Å². The van der Waals surface area contributed by atoms with E-state index in [9.17, 15) is 19.2 Å². The second-order valence-corrected chi connectivity index (χ2v) is 17.8. The average molecular weight is 961 g/mol. The summed E-state index contributed by atoms with van der Waals surface area (Å²) in [5, 5.41) is 0. The van der Waals surface area contributed by atoms with Gasteiger partial charge in [-0.15, -0.1) is 0 Å². The highest BCUT2D eigenvalue weighted by Crippen LogP contribution is 2.32. The first-order chi connectivity index (χ1) is 33.6. The molecule has 69 heavy (non-hydrogen) atoms. The lowest BCUT2D eigenvalue weighted by Crippen LogP contribution is -2.58.